The van der Waals surface area contributed by atoms with Gasteiger partial charge >= 0.3 is 5.97 Å². The molecule has 1 atom stereocenters. The number of carbonyl (C=O) groups is 2. The third kappa shape index (κ3) is 3.58. The van der Waals surface area contributed by atoms with E-state index < -0.39 is 12.0 Å². The summed E-state index contributed by atoms with van der Waals surface area (Å²) in [7, 11) is 0. The third-order valence-corrected chi connectivity index (χ3v) is 2.45. The highest BCUT2D eigenvalue weighted by atomic mass is 16.4. The average Bonchev–Trinajstić information content (AvgIpc) is 2.77. The number of hydrogen-bond acceptors (Lipinski definition) is 3. The molecule has 0 fully saturated rings. The molecule has 0 saturated carbocycles. The molecule has 0 aliphatic rings. The van der Waals surface area contributed by atoms with Gasteiger partial charge < -0.3 is 10.4 Å². The second kappa shape index (κ2) is 6.03. The Morgan fingerprint density at radius 2 is 2.29 bits per heavy atom. The van der Waals surface area contributed by atoms with Crippen molar-refractivity contribution in [2.75, 3.05) is 6.54 Å². The molecule has 94 valence electrons. The second-order valence-corrected chi connectivity index (χ2v) is 3.83. The number of rotatable bonds is 6. The number of aromatic carboxylic acids is 1. The molecule has 0 aliphatic heterocycles. The summed E-state index contributed by atoms with van der Waals surface area (Å²) < 4.78 is 1.35. The molecule has 1 rings (SSSR count). The van der Waals surface area contributed by atoms with E-state index in [4.69, 9.17) is 5.11 Å². The predicted molar refractivity (Wildman–Crippen MR) is 61.8 cm³/mol. The lowest BCUT2D eigenvalue weighted by Gasteiger charge is -2.12. The summed E-state index contributed by atoms with van der Waals surface area (Å²) in [5, 5.41) is 15.4. The second-order valence-electron chi connectivity index (χ2n) is 3.83. The molecular weight excluding hydrogens is 222 g/mol. The highest BCUT2D eigenvalue weighted by Gasteiger charge is 2.16. The molecule has 2 N–H and O–H groups in total. The Morgan fingerprint density at radius 1 is 1.59 bits per heavy atom. The van der Waals surface area contributed by atoms with Gasteiger partial charge in [0.2, 0.25) is 5.91 Å². The Balaban J connectivity index is 2.58. The number of hydrogen-bond donors (Lipinski definition) is 2. The molecule has 0 aromatic carbocycles. The van der Waals surface area contributed by atoms with E-state index in [1.165, 1.54) is 17.1 Å². The van der Waals surface area contributed by atoms with Gasteiger partial charge in [-0.3, -0.25) is 9.48 Å². The van der Waals surface area contributed by atoms with Crippen molar-refractivity contribution in [2.45, 2.75) is 32.7 Å². The Morgan fingerprint density at radius 3 is 2.82 bits per heavy atom. The van der Waals surface area contributed by atoms with Gasteiger partial charge in [0.15, 0.2) is 0 Å². The first-order chi connectivity index (χ1) is 8.06. The van der Waals surface area contributed by atoms with E-state index in [2.05, 4.69) is 10.4 Å². The van der Waals surface area contributed by atoms with Crippen molar-refractivity contribution in [1.82, 2.24) is 15.1 Å². The number of aromatic nitrogens is 2. The van der Waals surface area contributed by atoms with E-state index in [-0.39, 0.29) is 11.5 Å². The van der Waals surface area contributed by atoms with Crippen LogP contribution in [0.1, 0.15) is 43.1 Å². The van der Waals surface area contributed by atoms with Crippen LogP contribution in [-0.4, -0.2) is 33.3 Å². The van der Waals surface area contributed by atoms with Gasteiger partial charge in [0.1, 0.15) is 6.04 Å². The lowest BCUT2D eigenvalue weighted by atomic mass is 10.3. The van der Waals surface area contributed by atoms with Crippen LogP contribution >= 0.6 is 0 Å². The molecule has 1 aromatic heterocycles. The summed E-state index contributed by atoms with van der Waals surface area (Å²) in [6.07, 6.45) is 4.53. The van der Waals surface area contributed by atoms with Gasteiger partial charge in [0.25, 0.3) is 0 Å². The van der Waals surface area contributed by atoms with Crippen molar-refractivity contribution < 1.29 is 14.7 Å². The van der Waals surface area contributed by atoms with Gasteiger partial charge in [-0.25, -0.2) is 4.79 Å². The van der Waals surface area contributed by atoms with Crippen LogP contribution in [0, 0.1) is 0 Å². The first-order valence-corrected chi connectivity index (χ1v) is 5.61. The number of nitrogens with one attached hydrogen (secondary N) is 1. The van der Waals surface area contributed by atoms with Gasteiger partial charge in [0, 0.05) is 12.7 Å². The van der Waals surface area contributed by atoms with Crippen molar-refractivity contribution >= 4 is 11.9 Å². The number of carboxylic acid groups (broad SMARTS) is 1. The Kier molecular flexibility index (Phi) is 4.68. The zero-order valence-corrected chi connectivity index (χ0v) is 10.0. The summed E-state index contributed by atoms with van der Waals surface area (Å²) in [6, 6.07) is -0.500. The summed E-state index contributed by atoms with van der Waals surface area (Å²) >= 11 is 0. The molecule has 1 amide bonds. The highest BCUT2D eigenvalue weighted by Crippen LogP contribution is 2.06. The minimum atomic E-state index is -1.05. The minimum Gasteiger partial charge on any atom is -0.478 e. The maximum Gasteiger partial charge on any atom is 0.338 e. The van der Waals surface area contributed by atoms with Crippen molar-refractivity contribution in [3.8, 4) is 0 Å². The topological polar surface area (TPSA) is 84.2 Å². The zero-order chi connectivity index (χ0) is 12.8. The van der Waals surface area contributed by atoms with E-state index in [9.17, 15) is 9.59 Å². The maximum absolute atomic E-state index is 11.7. The molecule has 0 saturated heterocycles. The predicted octanol–water partition coefficient (Wildman–Crippen LogP) is 1.06. The quantitative estimate of drug-likeness (QED) is 0.727. The number of nitrogens with zero attached hydrogens (tertiary/aromatic N) is 2. The fraction of sp³-hybridized carbons (Fsp3) is 0.545. The van der Waals surface area contributed by atoms with E-state index in [1.807, 2.05) is 6.92 Å². The smallest absolute Gasteiger partial charge is 0.338 e. The minimum absolute atomic E-state index is 0.0817. The third-order valence-electron chi connectivity index (χ3n) is 2.45. The molecular formula is C11H17N3O3. The van der Waals surface area contributed by atoms with Crippen molar-refractivity contribution in [3.05, 3.63) is 18.0 Å². The van der Waals surface area contributed by atoms with Gasteiger partial charge in [-0.1, -0.05) is 13.3 Å². The molecule has 0 radical (unpaired) electrons. The molecule has 1 unspecified atom stereocenters. The molecule has 17 heavy (non-hydrogen) atoms. The SMILES string of the molecule is CCCCNC(=O)C(C)n1cc(C(=O)O)cn1. The van der Waals surface area contributed by atoms with Crippen LogP contribution < -0.4 is 5.32 Å². The first-order valence-electron chi connectivity index (χ1n) is 5.61. The fourth-order valence-corrected chi connectivity index (χ4v) is 1.32. The van der Waals surface area contributed by atoms with Crippen LogP contribution in [0.5, 0.6) is 0 Å². The van der Waals surface area contributed by atoms with Crippen LogP contribution in [0.4, 0.5) is 0 Å². The number of carbonyl (C=O) groups excluding carboxylic acids is 1. The number of unbranched alkanes of at least 4 members (excludes halogenated alkanes) is 1. The largest absolute Gasteiger partial charge is 0.478 e. The van der Waals surface area contributed by atoms with Crippen LogP contribution in [-0.2, 0) is 4.79 Å². The first kappa shape index (κ1) is 13.2. The normalized spacial score (nSPS) is 12.1. The number of carboxylic acids is 1. The number of amides is 1. The average molecular weight is 239 g/mol. The lowest BCUT2D eigenvalue weighted by Crippen LogP contribution is -2.31. The van der Waals surface area contributed by atoms with E-state index in [0.29, 0.717) is 6.54 Å². The highest BCUT2D eigenvalue weighted by molar-refractivity contribution is 5.87. The van der Waals surface area contributed by atoms with E-state index in [0.717, 1.165) is 12.8 Å². The van der Waals surface area contributed by atoms with Gasteiger partial charge in [-0.15, -0.1) is 0 Å². The maximum atomic E-state index is 11.7. The molecule has 1 heterocycles. The summed E-state index contributed by atoms with van der Waals surface area (Å²) in [5.41, 5.74) is 0.0817. The molecule has 0 spiro atoms. The fourth-order valence-electron chi connectivity index (χ4n) is 1.32. The van der Waals surface area contributed by atoms with Crippen molar-refractivity contribution in [3.63, 3.8) is 0 Å². The Labute approximate surface area is 99.6 Å². The van der Waals surface area contributed by atoms with E-state index in [1.54, 1.807) is 6.92 Å². The van der Waals surface area contributed by atoms with Crippen molar-refractivity contribution in [1.29, 1.82) is 0 Å². The summed E-state index contributed by atoms with van der Waals surface area (Å²) in [5.74, 6) is -1.20. The molecule has 6 heteroatoms. The van der Waals surface area contributed by atoms with E-state index >= 15 is 0 Å². The van der Waals surface area contributed by atoms with Crippen LogP contribution in [0.25, 0.3) is 0 Å². The molecule has 0 bridgehead atoms. The van der Waals surface area contributed by atoms with Crippen LogP contribution in [0.2, 0.25) is 0 Å². The molecule has 6 nitrogen and oxygen atoms in total. The van der Waals surface area contributed by atoms with Crippen LogP contribution in [0.3, 0.4) is 0 Å². The van der Waals surface area contributed by atoms with Gasteiger partial charge in [-0.05, 0) is 13.3 Å². The summed E-state index contributed by atoms with van der Waals surface area (Å²) in [4.78, 5) is 22.3. The van der Waals surface area contributed by atoms with Crippen LogP contribution in [0.15, 0.2) is 12.4 Å². The van der Waals surface area contributed by atoms with Gasteiger partial charge in [-0.2, -0.15) is 5.10 Å². The monoisotopic (exact) mass is 239 g/mol. The van der Waals surface area contributed by atoms with Gasteiger partial charge in [0.05, 0.1) is 11.8 Å². The molecule has 1 aromatic rings. The Bertz CT molecular complexity index is 400. The molecule has 0 aliphatic carbocycles. The Hall–Kier alpha value is -1.85. The van der Waals surface area contributed by atoms with Crippen molar-refractivity contribution in [2.24, 2.45) is 0 Å². The summed E-state index contributed by atoms with van der Waals surface area (Å²) in [6.45, 7) is 4.36. The standard InChI is InChI=1S/C11H17N3O3/c1-3-4-5-12-10(15)8(2)14-7-9(6-13-14)11(16)17/h6-8H,3-5H2,1-2H3,(H,12,15)(H,16,17). The lowest BCUT2D eigenvalue weighted by molar-refractivity contribution is -0.124. The zero-order valence-electron chi connectivity index (χ0n) is 10.0.